The molecule has 0 bridgehead atoms. The number of aromatic nitrogens is 2. The van der Waals surface area contributed by atoms with E-state index in [0.29, 0.717) is 0 Å². The zero-order chi connectivity index (χ0) is 19.1. The molecular weight excluding hydrogens is 451 g/mol. The number of hydrogen-bond donors (Lipinski definition) is 1. The molecule has 0 saturated heterocycles. The van der Waals surface area contributed by atoms with Crippen molar-refractivity contribution in [1.29, 1.82) is 0 Å². The van der Waals surface area contributed by atoms with Crippen molar-refractivity contribution in [2.45, 2.75) is 25.9 Å². The highest BCUT2D eigenvalue weighted by atomic mass is 127. The number of benzene rings is 1. The molecule has 1 aromatic carbocycles. The summed E-state index contributed by atoms with van der Waals surface area (Å²) >= 11 is 0. The largest absolute Gasteiger partial charge is 0.354 e. The van der Waals surface area contributed by atoms with Crippen molar-refractivity contribution in [3.8, 4) is 0 Å². The van der Waals surface area contributed by atoms with Gasteiger partial charge in [0.05, 0.1) is 12.2 Å². The molecule has 0 amide bonds. The molecule has 0 spiro atoms. The number of likely N-dealkylation sites (N-methyl/N-ethyl adjacent to an activating group) is 1. The topological polar surface area (TPSA) is 48.7 Å². The van der Waals surface area contributed by atoms with E-state index in [1.165, 1.54) is 16.7 Å². The van der Waals surface area contributed by atoms with E-state index in [-0.39, 0.29) is 30.0 Å². The van der Waals surface area contributed by atoms with Crippen LogP contribution in [0.4, 0.5) is 0 Å². The molecule has 150 valence electrons. The third-order valence-electron chi connectivity index (χ3n) is 4.61. The second kappa shape index (κ2) is 11.3. The number of rotatable bonds is 7. The highest BCUT2D eigenvalue weighted by molar-refractivity contribution is 14.0. The van der Waals surface area contributed by atoms with Gasteiger partial charge in [0.1, 0.15) is 0 Å². The van der Waals surface area contributed by atoms with Crippen molar-refractivity contribution in [1.82, 2.24) is 24.9 Å². The van der Waals surface area contributed by atoms with Gasteiger partial charge >= 0.3 is 0 Å². The first-order chi connectivity index (χ1) is 12.4. The lowest BCUT2D eigenvalue weighted by Crippen LogP contribution is -2.42. The van der Waals surface area contributed by atoms with Gasteiger partial charge in [-0.1, -0.05) is 31.2 Å². The standard InChI is InChI=1S/C20H32N6.HI/c1-7-16-8-10-17(11-9-16)14-25(5)20(21-2)22-13-19(24(3)4)18-12-23-26(6)15-18;/h8-12,15,19H,7,13-14H2,1-6H3,(H,21,22);1H. The van der Waals surface area contributed by atoms with Gasteiger partial charge in [0.15, 0.2) is 5.96 Å². The first-order valence-corrected chi connectivity index (χ1v) is 9.09. The predicted molar refractivity (Wildman–Crippen MR) is 124 cm³/mol. The lowest BCUT2D eigenvalue weighted by Gasteiger charge is -2.27. The van der Waals surface area contributed by atoms with Gasteiger partial charge in [-0.05, 0) is 31.6 Å². The van der Waals surface area contributed by atoms with Crippen molar-refractivity contribution in [3.63, 3.8) is 0 Å². The van der Waals surface area contributed by atoms with E-state index in [2.05, 4.69) is 83.7 Å². The molecule has 0 aliphatic carbocycles. The number of nitrogens with one attached hydrogen (secondary N) is 1. The number of aliphatic imine (C=N–C) groups is 1. The Kier molecular flexibility index (Phi) is 9.79. The summed E-state index contributed by atoms with van der Waals surface area (Å²) in [6, 6.07) is 9.02. The molecule has 1 heterocycles. The first-order valence-electron chi connectivity index (χ1n) is 9.09. The second-order valence-corrected chi connectivity index (χ2v) is 6.88. The van der Waals surface area contributed by atoms with Crippen molar-refractivity contribution in [3.05, 3.63) is 53.3 Å². The van der Waals surface area contributed by atoms with Crippen LogP contribution < -0.4 is 5.32 Å². The minimum atomic E-state index is 0. The summed E-state index contributed by atoms with van der Waals surface area (Å²) < 4.78 is 1.84. The van der Waals surface area contributed by atoms with Crippen LogP contribution in [0.2, 0.25) is 0 Å². The summed E-state index contributed by atoms with van der Waals surface area (Å²) in [5.41, 5.74) is 3.84. The number of nitrogens with zero attached hydrogens (tertiary/aromatic N) is 5. The normalized spacial score (nSPS) is 12.6. The second-order valence-electron chi connectivity index (χ2n) is 6.88. The Morgan fingerprint density at radius 3 is 2.30 bits per heavy atom. The van der Waals surface area contributed by atoms with Gasteiger partial charge in [0.2, 0.25) is 0 Å². The maximum Gasteiger partial charge on any atom is 0.193 e. The molecule has 1 atom stereocenters. The molecule has 0 aliphatic rings. The Morgan fingerprint density at radius 1 is 1.19 bits per heavy atom. The van der Waals surface area contributed by atoms with Crippen LogP contribution in [-0.2, 0) is 20.0 Å². The van der Waals surface area contributed by atoms with Gasteiger partial charge in [-0.2, -0.15) is 5.10 Å². The molecule has 2 aromatic rings. The van der Waals surface area contributed by atoms with Crippen LogP contribution in [0, 0.1) is 0 Å². The van der Waals surface area contributed by atoms with E-state index in [1.54, 1.807) is 0 Å². The molecular formula is C20H33IN6. The van der Waals surface area contributed by atoms with Crippen LogP contribution >= 0.6 is 24.0 Å². The quantitative estimate of drug-likeness (QED) is 0.373. The van der Waals surface area contributed by atoms with Crippen molar-refractivity contribution in [2.24, 2.45) is 12.0 Å². The Balaban J connectivity index is 0.00000364. The highest BCUT2D eigenvalue weighted by Gasteiger charge is 2.17. The third kappa shape index (κ3) is 6.80. The van der Waals surface area contributed by atoms with E-state index in [0.717, 1.165) is 25.5 Å². The summed E-state index contributed by atoms with van der Waals surface area (Å²) in [7, 11) is 10.0. The average Bonchev–Trinajstić information content (AvgIpc) is 3.05. The zero-order valence-corrected chi connectivity index (χ0v) is 19.6. The molecule has 0 fully saturated rings. The van der Waals surface area contributed by atoms with Crippen molar-refractivity contribution < 1.29 is 0 Å². The Labute approximate surface area is 180 Å². The van der Waals surface area contributed by atoms with E-state index >= 15 is 0 Å². The van der Waals surface area contributed by atoms with Gasteiger partial charge in [0.25, 0.3) is 0 Å². The minimum Gasteiger partial charge on any atom is -0.354 e. The summed E-state index contributed by atoms with van der Waals surface area (Å²) in [6.07, 6.45) is 5.06. The number of aryl methyl sites for hydroxylation is 2. The van der Waals surface area contributed by atoms with Gasteiger partial charge in [-0.3, -0.25) is 9.67 Å². The van der Waals surface area contributed by atoms with Gasteiger partial charge in [0, 0.05) is 46.0 Å². The van der Waals surface area contributed by atoms with E-state index in [4.69, 9.17) is 0 Å². The minimum absolute atomic E-state index is 0. The predicted octanol–water partition coefficient (Wildman–Crippen LogP) is 2.91. The van der Waals surface area contributed by atoms with E-state index < -0.39 is 0 Å². The van der Waals surface area contributed by atoms with E-state index in [1.807, 2.05) is 25.0 Å². The van der Waals surface area contributed by atoms with Crippen molar-refractivity contribution in [2.75, 3.05) is 34.7 Å². The number of hydrogen-bond acceptors (Lipinski definition) is 3. The smallest absolute Gasteiger partial charge is 0.193 e. The summed E-state index contributed by atoms with van der Waals surface area (Å²) in [5, 5.41) is 7.79. The third-order valence-corrected chi connectivity index (χ3v) is 4.61. The Hall–Kier alpha value is -1.61. The lowest BCUT2D eigenvalue weighted by molar-refractivity contribution is 0.295. The van der Waals surface area contributed by atoms with Gasteiger partial charge in [-0.25, -0.2) is 0 Å². The fourth-order valence-corrected chi connectivity index (χ4v) is 3.01. The first kappa shape index (κ1) is 23.4. The maximum absolute atomic E-state index is 4.44. The average molecular weight is 484 g/mol. The summed E-state index contributed by atoms with van der Waals surface area (Å²) in [6.45, 7) is 3.77. The van der Waals surface area contributed by atoms with Crippen LogP contribution in [0.15, 0.2) is 41.7 Å². The fourth-order valence-electron chi connectivity index (χ4n) is 3.01. The molecule has 7 heteroatoms. The van der Waals surface area contributed by atoms with Crippen LogP contribution in [0.5, 0.6) is 0 Å². The number of halogens is 1. The molecule has 0 radical (unpaired) electrons. The Morgan fingerprint density at radius 2 is 1.81 bits per heavy atom. The molecule has 6 nitrogen and oxygen atoms in total. The highest BCUT2D eigenvalue weighted by Crippen LogP contribution is 2.16. The molecule has 1 N–H and O–H groups in total. The maximum atomic E-state index is 4.44. The molecule has 1 unspecified atom stereocenters. The van der Waals surface area contributed by atoms with Crippen LogP contribution in [0.3, 0.4) is 0 Å². The summed E-state index contributed by atoms with van der Waals surface area (Å²) in [5.74, 6) is 0.889. The zero-order valence-electron chi connectivity index (χ0n) is 17.3. The molecule has 27 heavy (non-hydrogen) atoms. The number of guanidine groups is 1. The van der Waals surface area contributed by atoms with E-state index in [9.17, 15) is 0 Å². The molecule has 2 rings (SSSR count). The van der Waals surface area contributed by atoms with Crippen LogP contribution in [0.1, 0.15) is 29.7 Å². The van der Waals surface area contributed by atoms with Crippen LogP contribution in [0.25, 0.3) is 0 Å². The Bertz CT molecular complexity index is 708. The SMILES string of the molecule is CCc1ccc(CN(C)C(=NC)NCC(c2cnn(C)c2)N(C)C)cc1.I. The van der Waals surface area contributed by atoms with Gasteiger partial charge < -0.3 is 15.1 Å². The monoisotopic (exact) mass is 484 g/mol. The molecule has 0 aliphatic heterocycles. The molecule has 0 saturated carbocycles. The van der Waals surface area contributed by atoms with Crippen LogP contribution in [-0.4, -0.2) is 60.3 Å². The summed E-state index contributed by atoms with van der Waals surface area (Å²) in [4.78, 5) is 8.79. The lowest BCUT2D eigenvalue weighted by atomic mass is 10.1. The fraction of sp³-hybridized carbons (Fsp3) is 0.500. The van der Waals surface area contributed by atoms with Gasteiger partial charge in [-0.15, -0.1) is 24.0 Å². The van der Waals surface area contributed by atoms with Crippen molar-refractivity contribution >= 4 is 29.9 Å². The molecule has 1 aromatic heterocycles.